The first-order valence-corrected chi connectivity index (χ1v) is 9.67. The van der Waals surface area contributed by atoms with E-state index in [4.69, 9.17) is 4.74 Å². The summed E-state index contributed by atoms with van der Waals surface area (Å²) in [6.45, 7) is 0.688. The van der Waals surface area contributed by atoms with Crippen molar-refractivity contribution in [1.29, 1.82) is 0 Å². The number of carbonyl (C=O) groups excluding carboxylic acids is 1. The van der Waals surface area contributed by atoms with E-state index in [1.165, 1.54) is 0 Å². The molecule has 0 saturated heterocycles. The zero-order chi connectivity index (χ0) is 20.4. The van der Waals surface area contributed by atoms with Gasteiger partial charge in [0.2, 0.25) is 11.8 Å². The van der Waals surface area contributed by atoms with Crippen LogP contribution in [0.3, 0.4) is 0 Å². The second-order valence-electron chi connectivity index (χ2n) is 8.68. The minimum Gasteiger partial charge on any atom is -0.481 e. The number of aryl methyl sites for hydroxylation is 1. The lowest BCUT2D eigenvalue weighted by atomic mass is 9.34. The molecule has 29 heavy (non-hydrogen) atoms. The molecule has 1 atom stereocenters. The molecule has 0 aromatic carbocycles. The minimum absolute atomic E-state index is 0.117. The van der Waals surface area contributed by atoms with Gasteiger partial charge in [0.25, 0.3) is 0 Å². The summed E-state index contributed by atoms with van der Waals surface area (Å²) in [7, 11) is 1.55. The molecule has 6 rings (SSSR count). The average Bonchev–Trinajstić information content (AvgIpc) is 3.18. The number of alkyl halides is 3. The number of hydrogen-bond donors (Lipinski definition) is 1. The van der Waals surface area contributed by atoms with Gasteiger partial charge < -0.3 is 10.1 Å². The van der Waals surface area contributed by atoms with Crippen molar-refractivity contribution in [2.45, 2.75) is 50.9 Å². The summed E-state index contributed by atoms with van der Waals surface area (Å²) in [5.41, 5.74) is 1.27. The van der Waals surface area contributed by atoms with E-state index in [0.29, 0.717) is 31.7 Å². The number of fused-ring (bicyclic) bond motifs is 1. The van der Waals surface area contributed by atoms with Gasteiger partial charge in [-0.1, -0.05) is 0 Å². The van der Waals surface area contributed by atoms with Gasteiger partial charge in [0.05, 0.1) is 30.0 Å². The maximum atomic E-state index is 12.8. The molecule has 2 bridgehead atoms. The van der Waals surface area contributed by atoms with Crippen molar-refractivity contribution in [2.75, 3.05) is 7.11 Å². The van der Waals surface area contributed by atoms with Crippen LogP contribution in [0.1, 0.15) is 43.8 Å². The van der Waals surface area contributed by atoms with Crippen LogP contribution in [0.25, 0.3) is 11.3 Å². The summed E-state index contributed by atoms with van der Waals surface area (Å²) >= 11 is 0. The molecule has 1 N–H and O–H groups in total. The van der Waals surface area contributed by atoms with E-state index in [-0.39, 0.29) is 11.9 Å². The van der Waals surface area contributed by atoms with Crippen molar-refractivity contribution in [2.24, 2.45) is 10.8 Å². The van der Waals surface area contributed by atoms with Crippen molar-refractivity contribution in [1.82, 2.24) is 20.1 Å². The Bertz CT molecular complexity index is 965. The van der Waals surface area contributed by atoms with Crippen molar-refractivity contribution in [3.63, 3.8) is 0 Å². The first kappa shape index (κ1) is 18.4. The molecule has 0 spiro atoms. The lowest BCUT2D eigenvalue weighted by Gasteiger charge is -2.69. The average molecular weight is 406 g/mol. The molecule has 2 aromatic rings. The molecule has 9 heteroatoms. The second-order valence-corrected chi connectivity index (χ2v) is 8.68. The Balaban J connectivity index is 1.26. The van der Waals surface area contributed by atoms with Crippen LogP contribution < -0.4 is 10.1 Å². The van der Waals surface area contributed by atoms with Crippen molar-refractivity contribution < 1.29 is 22.7 Å². The number of nitrogens with zero attached hydrogens (tertiary/aromatic N) is 3. The highest BCUT2D eigenvalue weighted by Gasteiger charge is 2.73. The summed E-state index contributed by atoms with van der Waals surface area (Å²) in [5.74, 6) is 0.380. The molecule has 3 fully saturated rings. The van der Waals surface area contributed by atoms with Crippen LogP contribution in [0.5, 0.6) is 5.88 Å². The number of hydrogen-bond acceptors (Lipinski definition) is 4. The number of halogens is 3. The highest BCUT2D eigenvalue weighted by atomic mass is 19.4. The maximum Gasteiger partial charge on any atom is 0.389 e. The molecule has 1 aliphatic heterocycles. The third-order valence-electron chi connectivity index (χ3n) is 6.54. The van der Waals surface area contributed by atoms with Gasteiger partial charge in [0, 0.05) is 30.8 Å². The van der Waals surface area contributed by atoms with Gasteiger partial charge in [0.1, 0.15) is 0 Å². The SMILES string of the molecule is COc1cc(-c2cc3n(n2)CC[C@H]3NC(=O)C23CC(CC(F)(F)F)(C2)C3)ccn1. The summed E-state index contributed by atoms with van der Waals surface area (Å²) in [5, 5.41) is 7.67. The quantitative estimate of drug-likeness (QED) is 0.823. The third-order valence-corrected chi connectivity index (χ3v) is 6.54. The smallest absolute Gasteiger partial charge is 0.389 e. The highest BCUT2D eigenvalue weighted by Crippen LogP contribution is 2.76. The number of methoxy groups -OCH3 is 1. The van der Waals surface area contributed by atoms with Crippen molar-refractivity contribution in [3.05, 3.63) is 30.1 Å². The Morgan fingerprint density at radius 1 is 1.34 bits per heavy atom. The standard InChI is InChI=1S/C20H21F3N4O2/c1-29-16-6-12(2-4-24-16)14-7-15-13(3-5-27(15)26-14)25-17(28)19-8-18(9-19,10-19)11-20(21,22)23/h2,4,6-7,13H,3,5,8-11H2,1H3,(H,25,28)/t13-,18?,19?/m1/s1. The lowest BCUT2D eigenvalue weighted by molar-refractivity contribution is -0.258. The molecule has 4 aliphatic rings. The van der Waals surface area contributed by atoms with E-state index in [0.717, 1.165) is 23.4 Å². The van der Waals surface area contributed by atoms with Crippen molar-refractivity contribution in [3.8, 4) is 17.1 Å². The number of amides is 1. The third kappa shape index (κ3) is 2.98. The van der Waals surface area contributed by atoms with E-state index in [1.54, 1.807) is 19.4 Å². The first-order chi connectivity index (χ1) is 13.7. The second kappa shape index (κ2) is 5.96. The number of ether oxygens (including phenoxy) is 1. The number of pyridine rings is 1. The van der Waals surface area contributed by atoms with Gasteiger partial charge in [-0.25, -0.2) is 4.98 Å². The molecule has 0 unspecified atom stereocenters. The number of carbonyl (C=O) groups is 1. The topological polar surface area (TPSA) is 69.0 Å². The monoisotopic (exact) mass is 406 g/mol. The van der Waals surface area contributed by atoms with E-state index in [1.807, 2.05) is 16.8 Å². The predicted molar refractivity (Wildman–Crippen MR) is 96.9 cm³/mol. The number of nitrogens with one attached hydrogen (secondary N) is 1. The zero-order valence-corrected chi connectivity index (χ0v) is 15.9. The number of rotatable bonds is 5. The molecule has 154 valence electrons. The zero-order valence-electron chi connectivity index (χ0n) is 15.9. The van der Waals surface area contributed by atoms with Gasteiger partial charge >= 0.3 is 6.18 Å². The van der Waals surface area contributed by atoms with Crippen LogP contribution in [0, 0.1) is 10.8 Å². The largest absolute Gasteiger partial charge is 0.481 e. The van der Waals surface area contributed by atoms with Gasteiger partial charge in [0.15, 0.2) is 0 Å². The Morgan fingerprint density at radius 3 is 2.79 bits per heavy atom. The fourth-order valence-corrected chi connectivity index (χ4v) is 5.42. The highest BCUT2D eigenvalue weighted by molar-refractivity contribution is 5.86. The fourth-order valence-electron chi connectivity index (χ4n) is 5.42. The normalized spacial score (nSPS) is 29.6. The minimum atomic E-state index is -4.16. The molecule has 0 radical (unpaired) electrons. The van der Waals surface area contributed by atoms with E-state index in [9.17, 15) is 18.0 Å². The predicted octanol–water partition coefficient (Wildman–Crippen LogP) is 3.64. The maximum absolute atomic E-state index is 12.8. The van der Waals surface area contributed by atoms with Crippen LogP contribution in [0.4, 0.5) is 13.2 Å². The summed E-state index contributed by atoms with van der Waals surface area (Å²) in [6.07, 6.45) is -1.51. The van der Waals surface area contributed by atoms with Crippen LogP contribution in [0.15, 0.2) is 24.4 Å². The summed E-state index contributed by atoms with van der Waals surface area (Å²) < 4.78 is 45.1. The molecule has 3 heterocycles. The van der Waals surface area contributed by atoms with Gasteiger partial charge in [-0.15, -0.1) is 0 Å². The van der Waals surface area contributed by atoms with Crippen LogP contribution in [-0.4, -0.2) is 34.0 Å². The molecule has 2 aromatic heterocycles. The Labute approximate surface area is 165 Å². The Kier molecular flexibility index (Phi) is 3.79. The molecule has 3 aliphatic carbocycles. The Morgan fingerprint density at radius 2 is 2.10 bits per heavy atom. The summed E-state index contributed by atoms with van der Waals surface area (Å²) in [4.78, 5) is 16.9. The van der Waals surface area contributed by atoms with E-state index >= 15 is 0 Å². The van der Waals surface area contributed by atoms with E-state index < -0.39 is 23.4 Å². The van der Waals surface area contributed by atoms with Gasteiger partial charge in [-0.3, -0.25) is 9.48 Å². The van der Waals surface area contributed by atoms with E-state index in [2.05, 4.69) is 15.4 Å². The van der Waals surface area contributed by atoms with Crippen molar-refractivity contribution >= 4 is 5.91 Å². The van der Waals surface area contributed by atoms with Gasteiger partial charge in [-0.05, 0) is 43.2 Å². The van der Waals surface area contributed by atoms with Crippen LogP contribution in [0.2, 0.25) is 0 Å². The molecule has 1 amide bonds. The molecule has 6 nitrogen and oxygen atoms in total. The Hall–Kier alpha value is -2.58. The fraction of sp³-hybridized carbons (Fsp3) is 0.550. The molecular weight excluding hydrogens is 385 g/mol. The van der Waals surface area contributed by atoms with Gasteiger partial charge in [-0.2, -0.15) is 18.3 Å². The lowest BCUT2D eigenvalue weighted by Crippen LogP contribution is -2.68. The summed E-state index contributed by atoms with van der Waals surface area (Å²) in [6, 6.07) is 5.42. The van der Waals surface area contributed by atoms with Crippen LogP contribution in [-0.2, 0) is 11.3 Å². The van der Waals surface area contributed by atoms with Crippen LogP contribution >= 0.6 is 0 Å². The number of aromatic nitrogens is 3. The molecular formula is C20H21F3N4O2. The molecule has 3 saturated carbocycles. The first-order valence-electron chi connectivity index (χ1n) is 9.67.